The molecule has 0 fully saturated rings. The molecule has 0 saturated carbocycles. The van der Waals surface area contributed by atoms with Gasteiger partial charge in [0.05, 0.1) is 7.11 Å². The summed E-state index contributed by atoms with van der Waals surface area (Å²) in [4.78, 5) is 0. The fraction of sp³-hybridized carbons (Fsp3) is 0.0526. The molecule has 0 aliphatic heterocycles. The Bertz CT molecular complexity index is 778. The minimum atomic E-state index is -0.282. The third kappa shape index (κ3) is 2.66. The molecule has 0 radical (unpaired) electrons. The average molecular weight is 294 g/mol. The van der Waals surface area contributed by atoms with Crippen molar-refractivity contribution in [2.45, 2.75) is 0 Å². The van der Waals surface area contributed by atoms with Gasteiger partial charge >= 0.3 is 0 Å². The van der Waals surface area contributed by atoms with Crippen molar-refractivity contribution in [2.24, 2.45) is 0 Å². The van der Waals surface area contributed by atoms with Crippen molar-refractivity contribution in [2.75, 3.05) is 7.11 Å². The number of benzene rings is 3. The van der Waals surface area contributed by atoms with Crippen LogP contribution in [0.2, 0.25) is 0 Å². The average Bonchev–Trinajstić information content (AvgIpc) is 2.55. The van der Waals surface area contributed by atoms with Crippen molar-refractivity contribution in [1.29, 1.82) is 0 Å². The number of phenols is 1. The third-order valence-corrected chi connectivity index (χ3v) is 3.57. The largest absolute Gasteiger partial charge is 0.508 e. The molecule has 0 spiro atoms. The molecule has 0 heterocycles. The van der Waals surface area contributed by atoms with Crippen LogP contribution >= 0.6 is 0 Å². The van der Waals surface area contributed by atoms with Crippen molar-refractivity contribution < 1.29 is 14.2 Å². The fourth-order valence-electron chi connectivity index (χ4n) is 2.46. The summed E-state index contributed by atoms with van der Waals surface area (Å²) in [5, 5.41) is 9.41. The second kappa shape index (κ2) is 5.90. The fourth-order valence-corrected chi connectivity index (χ4v) is 2.46. The van der Waals surface area contributed by atoms with Crippen LogP contribution in [-0.2, 0) is 0 Å². The van der Waals surface area contributed by atoms with Gasteiger partial charge in [0.2, 0.25) is 0 Å². The maximum absolute atomic E-state index is 14.4. The van der Waals surface area contributed by atoms with E-state index in [1.807, 2.05) is 30.3 Å². The van der Waals surface area contributed by atoms with Crippen molar-refractivity contribution in [3.05, 3.63) is 72.5 Å². The molecule has 0 amide bonds. The van der Waals surface area contributed by atoms with Crippen molar-refractivity contribution >= 4 is 0 Å². The van der Waals surface area contributed by atoms with Crippen molar-refractivity contribution in [1.82, 2.24) is 0 Å². The molecule has 0 aromatic heterocycles. The van der Waals surface area contributed by atoms with E-state index < -0.39 is 0 Å². The summed E-state index contributed by atoms with van der Waals surface area (Å²) in [6.45, 7) is 0. The van der Waals surface area contributed by atoms with Crippen LogP contribution in [0.1, 0.15) is 0 Å². The number of halogens is 1. The Morgan fingerprint density at radius 3 is 2.09 bits per heavy atom. The van der Waals surface area contributed by atoms with Gasteiger partial charge in [-0.1, -0.05) is 36.4 Å². The first-order chi connectivity index (χ1) is 10.7. The molecule has 22 heavy (non-hydrogen) atoms. The highest BCUT2D eigenvalue weighted by Gasteiger charge is 2.12. The molecular formula is C19H15FO2. The summed E-state index contributed by atoms with van der Waals surface area (Å²) in [5.74, 6) is 0.633. The van der Waals surface area contributed by atoms with E-state index in [1.165, 1.54) is 6.07 Å². The van der Waals surface area contributed by atoms with Crippen LogP contribution in [0.5, 0.6) is 11.5 Å². The first-order valence-electron chi connectivity index (χ1n) is 6.91. The lowest BCUT2D eigenvalue weighted by Crippen LogP contribution is -1.90. The Balaban J connectivity index is 2.15. The molecule has 3 aromatic carbocycles. The van der Waals surface area contributed by atoms with E-state index >= 15 is 0 Å². The van der Waals surface area contributed by atoms with Crippen LogP contribution in [0.25, 0.3) is 22.3 Å². The van der Waals surface area contributed by atoms with Gasteiger partial charge in [0.15, 0.2) is 0 Å². The summed E-state index contributed by atoms with van der Waals surface area (Å²) in [6, 6.07) is 19.0. The van der Waals surface area contributed by atoms with Crippen LogP contribution in [-0.4, -0.2) is 12.2 Å². The zero-order chi connectivity index (χ0) is 15.5. The quantitative estimate of drug-likeness (QED) is 0.746. The van der Waals surface area contributed by atoms with Crippen LogP contribution in [0, 0.1) is 5.82 Å². The third-order valence-electron chi connectivity index (χ3n) is 3.57. The van der Waals surface area contributed by atoms with Crippen molar-refractivity contribution in [3.63, 3.8) is 0 Å². The maximum atomic E-state index is 14.4. The number of rotatable bonds is 3. The van der Waals surface area contributed by atoms with E-state index in [0.717, 1.165) is 22.4 Å². The van der Waals surface area contributed by atoms with Crippen LogP contribution in [0.3, 0.4) is 0 Å². The summed E-state index contributed by atoms with van der Waals surface area (Å²) in [7, 11) is 1.60. The molecule has 0 bridgehead atoms. The van der Waals surface area contributed by atoms with Gasteiger partial charge in [0.1, 0.15) is 17.3 Å². The van der Waals surface area contributed by atoms with E-state index in [1.54, 1.807) is 37.4 Å². The number of phenolic OH excluding ortho intramolecular Hbond substituents is 1. The van der Waals surface area contributed by atoms with Gasteiger partial charge in [-0.05, 0) is 47.0 Å². The second-order valence-electron chi connectivity index (χ2n) is 4.94. The number of aromatic hydroxyl groups is 1. The molecular weight excluding hydrogens is 279 g/mol. The second-order valence-corrected chi connectivity index (χ2v) is 4.94. The molecule has 0 unspecified atom stereocenters. The monoisotopic (exact) mass is 294 g/mol. The molecule has 0 aliphatic rings. The molecule has 1 N–H and O–H groups in total. The molecule has 0 saturated heterocycles. The van der Waals surface area contributed by atoms with Crippen molar-refractivity contribution in [3.8, 4) is 33.8 Å². The first-order valence-corrected chi connectivity index (χ1v) is 6.91. The Morgan fingerprint density at radius 2 is 1.45 bits per heavy atom. The lowest BCUT2D eigenvalue weighted by Gasteiger charge is -2.12. The number of hydrogen-bond acceptors (Lipinski definition) is 2. The van der Waals surface area contributed by atoms with E-state index in [-0.39, 0.29) is 11.6 Å². The highest BCUT2D eigenvalue weighted by molar-refractivity contribution is 5.84. The Morgan fingerprint density at radius 1 is 0.818 bits per heavy atom. The summed E-state index contributed by atoms with van der Waals surface area (Å²) in [5.41, 5.74) is 2.95. The van der Waals surface area contributed by atoms with Crippen LogP contribution in [0.15, 0.2) is 66.7 Å². The number of ether oxygens (including phenoxy) is 1. The molecule has 3 aromatic rings. The molecule has 2 nitrogen and oxygen atoms in total. The lowest BCUT2D eigenvalue weighted by atomic mass is 9.94. The van der Waals surface area contributed by atoms with Gasteiger partial charge in [-0.3, -0.25) is 0 Å². The maximum Gasteiger partial charge on any atom is 0.131 e. The van der Waals surface area contributed by atoms with Gasteiger partial charge < -0.3 is 9.84 Å². The van der Waals surface area contributed by atoms with Gasteiger partial charge in [-0.2, -0.15) is 0 Å². The minimum absolute atomic E-state index is 0.186. The standard InChI is InChI=1S/C19H15FO2/c1-22-16-11-7-14(8-12-16)19-17(3-2-4-18(19)20)13-5-9-15(21)10-6-13/h2-12,21H,1H3. The molecule has 110 valence electrons. The summed E-state index contributed by atoms with van der Waals surface area (Å²) >= 11 is 0. The molecule has 3 rings (SSSR count). The van der Waals surface area contributed by atoms with Gasteiger partial charge in [-0.25, -0.2) is 4.39 Å². The zero-order valence-corrected chi connectivity index (χ0v) is 12.1. The van der Waals surface area contributed by atoms with Gasteiger partial charge in [0, 0.05) is 5.56 Å². The van der Waals surface area contributed by atoms with Gasteiger partial charge in [-0.15, -0.1) is 0 Å². The zero-order valence-electron chi connectivity index (χ0n) is 12.1. The number of methoxy groups -OCH3 is 1. The highest BCUT2D eigenvalue weighted by Crippen LogP contribution is 2.35. The number of hydrogen-bond donors (Lipinski definition) is 1. The predicted octanol–water partition coefficient (Wildman–Crippen LogP) is 4.87. The smallest absolute Gasteiger partial charge is 0.131 e. The molecule has 0 atom stereocenters. The van der Waals surface area contributed by atoms with Gasteiger partial charge in [0.25, 0.3) is 0 Å². The summed E-state index contributed by atoms with van der Waals surface area (Å²) in [6.07, 6.45) is 0. The van der Waals surface area contributed by atoms with E-state index in [4.69, 9.17) is 4.74 Å². The van der Waals surface area contributed by atoms with Crippen LogP contribution in [0.4, 0.5) is 4.39 Å². The Labute approximate surface area is 128 Å². The van der Waals surface area contributed by atoms with E-state index in [9.17, 15) is 9.50 Å². The molecule has 3 heteroatoms. The molecule has 0 aliphatic carbocycles. The van der Waals surface area contributed by atoms with Crippen LogP contribution < -0.4 is 4.74 Å². The predicted molar refractivity (Wildman–Crippen MR) is 85.5 cm³/mol. The van der Waals surface area contributed by atoms with E-state index in [2.05, 4.69) is 0 Å². The Hall–Kier alpha value is -2.81. The summed E-state index contributed by atoms with van der Waals surface area (Å²) < 4.78 is 19.5. The minimum Gasteiger partial charge on any atom is -0.508 e. The lowest BCUT2D eigenvalue weighted by molar-refractivity contribution is 0.415. The topological polar surface area (TPSA) is 29.5 Å². The normalized spacial score (nSPS) is 10.5. The first kappa shape index (κ1) is 14.1. The SMILES string of the molecule is COc1ccc(-c2c(F)cccc2-c2ccc(O)cc2)cc1. The van der Waals surface area contributed by atoms with E-state index in [0.29, 0.717) is 5.56 Å². The highest BCUT2D eigenvalue weighted by atomic mass is 19.1. The Kier molecular flexibility index (Phi) is 3.79.